The Hall–Kier alpha value is -0.960. The molecule has 2 nitrogen and oxygen atoms in total. The molecule has 3 heteroatoms. The van der Waals surface area contributed by atoms with Gasteiger partial charge < -0.3 is 4.90 Å². The molecule has 1 aliphatic rings. The lowest BCUT2D eigenvalue weighted by molar-refractivity contribution is -0.133. The van der Waals surface area contributed by atoms with Gasteiger partial charge in [-0.25, -0.2) is 0 Å². The van der Waals surface area contributed by atoms with Crippen LogP contribution in [0.4, 0.5) is 0 Å². The number of nitrogens with zero attached hydrogens (tertiary/aromatic N) is 1. The van der Waals surface area contributed by atoms with Gasteiger partial charge in [0.15, 0.2) is 0 Å². The molecule has 1 fully saturated rings. The van der Waals surface area contributed by atoms with Gasteiger partial charge in [0.2, 0.25) is 5.91 Å². The Bertz CT molecular complexity index is 370. The fraction of sp³-hybridized carbons (Fsp3) is 0.462. The van der Waals surface area contributed by atoms with E-state index in [1.54, 1.807) is 11.8 Å². The molecule has 1 saturated heterocycles. The second-order valence-electron chi connectivity index (χ2n) is 4.25. The summed E-state index contributed by atoms with van der Waals surface area (Å²) in [4.78, 5) is 15.0. The third kappa shape index (κ3) is 2.59. The van der Waals surface area contributed by atoms with Gasteiger partial charge in [-0.05, 0) is 32.4 Å². The topological polar surface area (TPSA) is 20.3 Å². The van der Waals surface area contributed by atoms with Gasteiger partial charge in [0, 0.05) is 18.0 Å². The molecule has 1 aliphatic heterocycles. The Morgan fingerprint density at radius 3 is 2.44 bits per heavy atom. The number of hydrogen-bond donors (Lipinski definition) is 0. The number of benzene rings is 1. The van der Waals surface area contributed by atoms with Crippen molar-refractivity contribution in [3.8, 4) is 0 Å². The Morgan fingerprint density at radius 2 is 1.94 bits per heavy atom. The number of aryl methyl sites for hydroxylation is 1. The minimum atomic E-state index is 0.0306. The zero-order chi connectivity index (χ0) is 11.5. The predicted molar refractivity (Wildman–Crippen MR) is 67.7 cm³/mol. The van der Waals surface area contributed by atoms with Crippen molar-refractivity contribution in [3.05, 3.63) is 29.8 Å². The van der Waals surface area contributed by atoms with Crippen LogP contribution >= 0.6 is 11.8 Å². The molecule has 0 spiro atoms. The maximum absolute atomic E-state index is 11.9. The number of thioether (sulfide) groups is 1. The highest BCUT2D eigenvalue weighted by atomic mass is 32.2. The highest BCUT2D eigenvalue weighted by Crippen LogP contribution is 2.25. The van der Waals surface area contributed by atoms with E-state index in [1.807, 2.05) is 11.8 Å². The summed E-state index contributed by atoms with van der Waals surface area (Å²) in [6.07, 6.45) is 1.16. The van der Waals surface area contributed by atoms with Gasteiger partial charge in [0.1, 0.15) is 0 Å². The highest BCUT2D eigenvalue weighted by molar-refractivity contribution is 8.00. The van der Waals surface area contributed by atoms with Gasteiger partial charge in [-0.3, -0.25) is 4.79 Å². The number of rotatable bonds is 3. The van der Waals surface area contributed by atoms with E-state index in [1.165, 1.54) is 10.5 Å². The first-order chi connectivity index (χ1) is 7.66. The largest absolute Gasteiger partial charge is 0.342 e. The van der Waals surface area contributed by atoms with E-state index in [2.05, 4.69) is 31.2 Å². The van der Waals surface area contributed by atoms with Gasteiger partial charge in [-0.15, -0.1) is 11.8 Å². The Kier molecular flexibility index (Phi) is 3.54. The molecule has 16 heavy (non-hydrogen) atoms. The molecule has 86 valence electrons. The van der Waals surface area contributed by atoms with Crippen LogP contribution in [0, 0.1) is 6.92 Å². The van der Waals surface area contributed by atoms with Crippen LogP contribution in [0.2, 0.25) is 0 Å². The summed E-state index contributed by atoms with van der Waals surface area (Å²) in [6, 6.07) is 8.34. The van der Waals surface area contributed by atoms with Crippen LogP contribution in [0.25, 0.3) is 0 Å². The average Bonchev–Trinajstić information content (AvgIpc) is 2.19. The lowest BCUT2D eigenvalue weighted by atomic mass is 10.2. The standard InChI is InChI=1S/C13H17NOS/c1-10-4-6-12(7-5-10)16-11(2)13(15)14-8-3-9-14/h4-7,11H,3,8-9H2,1-2H3. The van der Waals surface area contributed by atoms with Crippen molar-refractivity contribution in [3.63, 3.8) is 0 Å². The van der Waals surface area contributed by atoms with Crippen LogP contribution in [0.3, 0.4) is 0 Å². The summed E-state index contributed by atoms with van der Waals surface area (Å²) in [7, 11) is 0. The van der Waals surface area contributed by atoms with E-state index in [-0.39, 0.29) is 11.2 Å². The third-order valence-corrected chi connectivity index (χ3v) is 3.95. The summed E-state index contributed by atoms with van der Waals surface area (Å²) in [5.74, 6) is 0.275. The normalized spacial score (nSPS) is 16.8. The van der Waals surface area contributed by atoms with Gasteiger partial charge >= 0.3 is 0 Å². The molecule has 0 saturated carbocycles. The monoisotopic (exact) mass is 235 g/mol. The van der Waals surface area contributed by atoms with Crippen molar-refractivity contribution in [1.82, 2.24) is 4.90 Å². The van der Waals surface area contributed by atoms with Crippen LogP contribution in [-0.2, 0) is 4.79 Å². The first-order valence-electron chi connectivity index (χ1n) is 5.69. The van der Waals surface area contributed by atoms with E-state index in [0.29, 0.717) is 0 Å². The number of carbonyl (C=O) groups is 1. The van der Waals surface area contributed by atoms with E-state index in [9.17, 15) is 4.79 Å². The fourth-order valence-corrected chi connectivity index (χ4v) is 2.62. The van der Waals surface area contributed by atoms with E-state index < -0.39 is 0 Å². The molecular formula is C13H17NOS. The predicted octanol–water partition coefficient (Wildman–Crippen LogP) is 2.71. The zero-order valence-electron chi connectivity index (χ0n) is 9.77. The number of hydrogen-bond acceptors (Lipinski definition) is 2. The molecule has 0 radical (unpaired) electrons. The van der Waals surface area contributed by atoms with Crippen LogP contribution in [0.1, 0.15) is 18.9 Å². The van der Waals surface area contributed by atoms with Crippen LogP contribution in [0.15, 0.2) is 29.2 Å². The summed E-state index contributed by atoms with van der Waals surface area (Å²) < 4.78 is 0. The summed E-state index contributed by atoms with van der Waals surface area (Å²) in [6.45, 7) is 5.95. The van der Waals surface area contributed by atoms with E-state index >= 15 is 0 Å². The van der Waals surface area contributed by atoms with E-state index in [0.717, 1.165) is 19.5 Å². The molecule has 1 aromatic carbocycles. The first-order valence-corrected chi connectivity index (χ1v) is 6.57. The summed E-state index contributed by atoms with van der Waals surface area (Å²) >= 11 is 1.65. The zero-order valence-corrected chi connectivity index (χ0v) is 10.6. The Balaban J connectivity index is 1.93. The molecule has 2 rings (SSSR count). The Labute approximate surface area is 101 Å². The molecule has 1 heterocycles. The molecule has 0 aromatic heterocycles. The minimum absolute atomic E-state index is 0.0306. The molecule has 1 atom stereocenters. The lowest BCUT2D eigenvalue weighted by Gasteiger charge is -2.32. The highest BCUT2D eigenvalue weighted by Gasteiger charge is 2.25. The average molecular weight is 235 g/mol. The van der Waals surface area contributed by atoms with Crippen molar-refractivity contribution in [2.45, 2.75) is 30.4 Å². The molecule has 1 amide bonds. The van der Waals surface area contributed by atoms with Crippen molar-refractivity contribution >= 4 is 17.7 Å². The van der Waals surface area contributed by atoms with Crippen LogP contribution in [0.5, 0.6) is 0 Å². The van der Waals surface area contributed by atoms with E-state index in [4.69, 9.17) is 0 Å². The summed E-state index contributed by atoms with van der Waals surface area (Å²) in [5, 5.41) is 0.0306. The summed E-state index contributed by atoms with van der Waals surface area (Å²) in [5.41, 5.74) is 1.26. The molecular weight excluding hydrogens is 218 g/mol. The SMILES string of the molecule is Cc1ccc(SC(C)C(=O)N2CCC2)cc1. The number of carbonyl (C=O) groups excluding carboxylic acids is 1. The van der Waals surface area contributed by atoms with Gasteiger partial charge in [0.25, 0.3) is 0 Å². The number of amides is 1. The molecule has 1 unspecified atom stereocenters. The minimum Gasteiger partial charge on any atom is -0.342 e. The maximum atomic E-state index is 11.9. The maximum Gasteiger partial charge on any atom is 0.235 e. The smallest absolute Gasteiger partial charge is 0.235 e. The van der Waals surface area contributed by atoms with Crippen molar-refractivity contribution < 1.29 is 4.79 Å². The second-order valence-corrected chi connectivity index (χ2v) is 5.67. The van der Waals surface area contributed by atoms with Gasteiger partial charge in [-0.2, -0.15) is 0 Å². The lowest BCUT2D eigenvalue weighted by Crippen LogP contribution is -2.45. The van der Waals surface area contributed by atoms with Crippen molar-refractivity contribution in [2.75, 3.05) is 13.1 Å². The number of likely N-dealkylation sites (tertiary alicyclic amines) is 1. The van der Waals surface area contributed by atoms with Crippen molar-refractivity contribution in [2.24, 2.45) is 0 Å². The molecule has 0 N–H and O–H groups in total. The molecule has 0 aliphatic carbocycles. The Morgan fingerprint density at radius 1 is 1.31 bits per heavy atom. The molecule has 1 aromatic rings. The first kappa shape index (κ1) is 11.5. The van der Waals surface area contributed by atoms with Crippen molar-refractivity contribution in [1.29, 1.82) is 0 Å². The molecule has 0 bridgehead atoms. The van der Waals surface area contributed by atoms with Gasteiger partial charge in [-0.1, -0.05) is 17.7 Å². The van der Waals surface area contributed by atoms with Gasteiger partial charge in [0.05, 0.1) is 5.25 Å². The second kappa shape index (κ2) is 4.91. The third-order valence-electron chi connectivity index (χ3n) is 2.85. The van der Waals surface area contributed by atoms with Crippen LogP contribution in [-0.4, -0.2) is 29.1 Å². The fourth-order valence-electron chi connectivity index (χ4n) is 1.67. The van der Waals surface area contributed by atoms with Crippen LogP contribution < -0.4 is 0 Å². The quantitative estimate of drug-likeness (QED) is 0.751.